The van der Waals surface area contributed by atoms with Gasteiger partial charge in [-0.25, -0.2) is 0 Å². The minimum atomic E-state index is 0.159. The summed E-state index contributed by atoms with van der Waals surface area (Å²) in [6.45, 7) is 5.07. The second kappa shape index (κ2) is 10.3. The Morgan fingerprint density at radius 3 is 2.45 bits per heavy atom. The molecule has 0 amide bonds. The third-order valence-corrected chi connectivity index (χ3v) is 6.96. The Bertz CT molecular complexity index is 1030. The van der Waals surface area contributed by atoms with Gasteiger partial charge in [0.25, 0.3) is 0 Å². The van der Waals surface area contributed by atoms with Gasteiger partial charge < -0.3 is 19.5 Å². The van der Waals surface area contributed by atoms with Crippen LogP contribution in [0.15, 0.2) is 72.8 Å². The SMILES string of the molecule is Oc1ccc2c(c1)OC[C@H](c1ccccc1)[C@@H]2c1ccc(OCCCCN2CCCC2)cc1. The fourth-order valence-electron chi connectivity index (χ4n) is 5.20. The van der Waals surface area contributed by atoms with Crippen molar-refractivity contribution in [1.29, 1.82) is 0 Å². The summed E-state index contributed by atoms with van der Waals surface area (Å²) in [6, 6.07) is 24.6. The van der Waals surface area contributed by atoms with Crippen molar-refractivity contribution in [3.63, 3.8) is 0 Å². The number of rotatable bonds is 8. The molecule has 0 spiro atoms. The molecule has 3 aromatic carbocycles. The summed E-state index contributed by atoms with van der Waals surface area (Å²) in [5.41, 5.74) is 3.61. The van der Waals surface area contributed by atoms with Crippen LogP contribution in [0.1, 0.15) is 54.2 Å². The predicted molar refractivity (Wildman–Crippen MR) is 131 cm³/mol. The Morgan fingerprint density at radius 2 is 1.67 bits per heavy atom. The summed E-state index contributed by atoms with van der Waals surface area (Å²) >= 11 is 0. The molecule has 2 atom stereocenters. The first-order valence-electron chi connectivity index (χ1n) is 12.2. The number of unbranched alkanes of at least 4 members (excludes halogenated alkanes) is 1. The van der Waals surface area contributed by atoms with Crippen molar-refractivity contribution in [3.8, 4) is 17.2 Å². The fraction of sp³-hybridized carbons (Fsp3) is 0.379. The second-order valence-corrected chi connectivity index (χ2v) is 9.20. The van der Waals surface area contributed by atoms with Crippen molar-refractivity contribution < 1.29 is 14.6 Å². The van der Waals surface area contributed by atoms with E-state index >= 15 is 0 Å². The van der Waals surface area contributed by atoms with E-state index in [1.54, 1.807) is 12.1 Å². The van der Waals surface area contributed by atoms with Crippen molar-refractivity contribution in [2.45, 2.75) is 37.5 Å². The molecule has 172 valence electrons. The van der Waals surface area contributed by atoms with Gasteiger partial charge in [0.1, 0.15) is 17.2 Å². The maximum Gasteiger partial charge on any atom is 0.126 e. The number of fused-ring (bicyclic) bond motifs is 1. The zero-order valence-electron chi connectivity index (χ0n) is 19.2. The van der Waals surface area contributed by atoms with E-state index in [0.717, 1.165) is 30.1 Å². The van der Waals surface area contributed by atoms with E-state index < -0.39 is 0 Å². The number of benzene rings is 3. The zero-order valence-corrected chi connectivity index (χ0v) is 19.2. The molecule has 0 unspecified atom stereocenters. The van der Waals surface area contributed by atoms with Gasteiger partial charge in [-0.15, -0.1) is 0 Å². The van der Waals surface area contributed by atoms with Crippen LogP contribution < -0.4 is 9.47 Å². The van der Waals surface area contributed by atoms with E-state index in [-0.39, 0.29) is 17.6 Å². The molecule has 5 rings (SSSR count). The summed E-state index contributed by atoms with van der Waals surface area (Å²) in [7, 11) is 0. The predicted octanol–water partition coefficient (Wildman–Crippen LogP) is 5.96. The average molecular weight is 444 g/mol. The maximum atomic E-state index is 9.95. The molecule has 2 aliphatic heterocycles. The molecule has 0 radical (unpaired) electrons. The van der Waals surface area contributed by atoms with Crippen LogP contribution in [-0.4, -0.2) is 42.9 Å². The van der Waals surface area contributed by atoms with Crippen molar-refractivity contribution in [3.05, 3.63) is 89.5 Å². The van der Waals surface area contributed by atoms with Gasteiger partial charge in [-0.05, 0) is 74.6 Å². The highest BCUT2D eigenvalue weighted by Crippen LogP contribution is 2.47. The molecule has 1 N–H and O–H groups in total. The van der Waals surface area contributed by atoms with Crippen LogP contribution >= 0.6 is 0 Å². The van der Waals surface area contributed by atoms with Gasteiger partial charge in [-0.3, -0.25) is 0 Å². The molecule has 2 heterocycles. The topological polar surface area (TPSA) is 41.9 Å². The molecule has 2 aliphatic rings. The fourth-order valence-corrected chi connectivity index (χ4v) is 5.20. The molecule has 33 heavy (non-hydrogen) atoms. The maximum absolute atomic E-state index is 9.95. The van der Waals surface area contributed by atoms with Gasteiger partial charge in [0.15, 0.2) is 0 Å². The molecule has 1 saturated heterocycles. The second-order valence-electron chi connectivity index (χ2n) is 9.20. The number of phenolic OH excluding ortho intramolecular Hbond substituents is 1. The molecular formula is C29H33NO3. The Labute approximate surface area is 196 Å². The highest BCUT2D eigenvalue weighted by atomic mass is 16.5. The van der Waals surface area contributed by atoms with E-state index in [0.29, 0.717) is 6.61 Å². The Hall–Kier alpha value is -2.98. The van der Waals surface area contributed by atoms with Gasteiger partial charge in [-0.1, -0.05) is 48.5 Å². The lowest BCUT2D eigenvalue weighted by Crippen LogP contribution is -2.25. The van der Waals surface area contributed by atoms with Crippen LogP contribution in [0.2, 0.25) is 0 Å². The van der Waals surface area contributed by atoms with Crippen molar-refractivity contribution in [2.24, 2.45) is 0 Å². The van der Waals surface area contributed by atoms with Crippen LogP contribution in [0.3, 0.4) is 0 Å². The molecule has 1 fully saturated rings. The third-order valence-electron chi connectivity index (χ3n) is 6.96. The lowest BCUT2D eigenvalue weighted by atomic mass is 9.76. The van der Waals surface area contributed by atoms with Crippen LogP contribution in [0, 0.1) is 0 Å². The van der Waals surface area contributed by atoms with E-state index in [1.807, 2.05) is 12.1 Å². The minimum Gasteiger partial charge on any atom is -0.508 e. The van der Waals surface area contributed by atoms with E-state index in [2.05, 4.69) is 53.4 Å². The molecule has 0 saturated carbocycles. The van der Waals surface area contributed by atoms with Gasteiger partial charge in [0, 0.05) is 23.5 Å². The number of aromatic hydroxyl groups is 1. The van der Waals surface area contributed by atoms with Crippen molar-refractivity contribution in [2.75, 3.05) is 32.8 Å². The number of hydrogen-bond acceptors (Lipinski definition) is 4. The number of hydrogen-bond donors (Lipinski definition) is 1. The molecule has 4 heteroatoms. The van der Waals surface area contributed by atoms with Crippen molar-refractivity contribution in [1.82, 2.24) is 4.90 Å². The quantitative estimate of drug-likeness (QED) is 0.437. The zero-order chi connectivity index (χ0) is 22.5. The Kier molecular flexibility index (Phi) is 6.82. The van der Waals surface area contributed by atoms with Gasteiger partial charge in [-0.2, -0.15) is 0 Å². The van der Waals surface area contributed by atoms with Crippen LogP contribution in [0.5, 0.6) is 17.2 Å². The number of ether oxygens (including phenoxy) is 2. The van der Waals surface area contributed by atoms with Crippen LogP contribution in [0.25, 0.3) is 0 Å². The number of nitrogens with zero attached hydrogens (tertiary/aromatic N) is 1. The number of likely N-dealkylation sites (tertiary alicyclic amines) is 1. The molecule has 4 nitrogen and oxygen atoms in total. The monoisotopic (exact) mass is 443 g/mol. The summed E-state index contributed by atoms with van der Waals surface area (Å²) in [5.74, 6) is 2.30. The largest absolute Gasteiger partial charge is 0.508 e. The summed E-state index contributed by atoms with van der Waals surface area (Å²) in [6.07, 6.45) is 4.99. The Morgan fingerprint density at radius 1 is 0.879 bits per heavy atom. The normalized spacial score (nSPS) is 20.2. The van der Waals surface area contributed by atoms with E-state index in [1.165, 1.54) is 50.0 Å². The van der Waals surface area contributed by atoms with E-state index in [9.17, 15) is 5.11 Å². The molecular weight excluding hydrogens is 410 g/mol. The van der Waals surface area contributed by atoms with Crippen LogP contribution in [-0.2, 0) is 0 Å². The first-order valence-corrected chi connectivity index (χ1v) is 12.2. The van der Waals surface area contributed by atoms with Gasteiger partial charge in [0.05, 0.1) is 13.2 Å². The first-order chi connectivity index (χ1) is 16.3. The van der Waals surface area contributed by atoms with Gasteiger partial charge >= 0.3 is 0 Å². The summed E-state index contributed by atoms with van der Waals surface area (Å²) in [5, 5.41) is 9.95. The van der Waals surface area contributed by atoms with Crippen LogP contribution in [0.4, 0.5) is 0 Å². The molecule has 3 aromatic rings. The molecule has 0 bridgehead atoms. The summed E-state index contributed by atoms with van der Waals surface area (Å²) < 4.78 is 12.1. The minimum absolute atomic E-state index is 0.159. The van der Waals surface area contributed by atoms with Crippen molar-refractivity contribution >= 4 is 0 Å². The Balaban J connectivity index is 1.28. The smallest absolute Gasteiger partial charge is 0.126 e. The third kappa shape index (κ3) is 5.17. The number of phenols is 1. The highest BCUT2D eigenvalue weighted by Gasteiger charge is 2.33. The highest BCUT2D eigenvalue weighted by molar-refractivity contribution is 5.50. The first kappa shape index (κ1) is 21.8. The summed E-state index contributed by atoms with van der Waals surface area (Å²) in [4.78, 5) is 2.56. The molecule has 0 aliphatic carbocycles. The standard InChI is InChI=1S/C29H33NO3/c31-24-12-15-26-28(20-24)33-21-27(22-8-2-1-3-9-22)29(26)23-10-13-25(14-11-23)32-19-7-6-18-30-16-4-5-17-30/h1-3,8-15,20,27,29,31H,4-7,16-19,21H2/t27-,29-/m1/s1. The average Bonchev–Trinajstić information content (AvgIpc) is 3.38. The molecule has 0 aromatic heterocycles. The van der Waals surface area contributed by atoms with Gasteiger partial charge in [0.2, 0.25) is 0 Å². The lowest BCUT2D eigenvalue weighted by Gasteiger charge is -2.34. The lowest BCUT2D eigenvalue weighted by molar-refractivity contribution is 0.247. The van der Waals surface area contributed by atoms with E-state index in [4.69, 9.17) is 9.47 Å².